The van der Waals surface area contributed by atoms with Gasteiger partial charge in [0.25, 0.3) is 0 Å². The third kappa shape index (κ3) is 1.04. The van der Waals surface area contributed by atoms with Gasteiger partial charge in [0.15, 0.2) is 0 Å². The molecule has 5 heteroatoms. The smallest absolute Gasteiger partial charge is 0.322 e. The van der Waals surface area contributed by atoms with E-state index < -0.39 is 12.1 Å². The van der Waals surface area contributed by atoms with Crippen LogP contribution in [0.4, 0.5) is 4.79 Å². The molecule has 0 spiro atoms. The fraction of sp³-hybridized carbons (Fsp3) is 0.500. The van der Waals surface area contributed by atoms with Gasteiger partial charge in [-0.3, -0.25) is 10.1 Å². The first-order chi connectivity index (χ1) is 4.24. The van der Waals surface area contributed by atoms with E-state index in [4.69, 9.17) is 7.85 Å². The highest BCUT2D eigenvalue weighted by Crippen LogP contribution is 1.94. The molecule has 9 heavy (non-hydrogen) atoms. The Kier molecular flexibility index (Phi) is 1.42. The molecule has 4 nitrogen and oxygen atoms in total. The third-order valence-corrected chi connectivity index (χ3v) is 1.09. The molecule has 0 aromatic heterocycles. The Morgan fingerprint density at radius 1 is 1.56 bits per heavy atom. The third-order valence-electron chi connectivity index (χ3n) is 1.09. The summed E-state index contributed by atoms with van der Waals surface area (Å²) in [6.07, 6.45) is 0.150. The highest BCUT2D eigenvalue weighted by atomic mass is 16.2. The van der Waals surface area contributed by atoms with Crippen molar-refractivity contribution in [3.8, 4) is 0 Å². The fourth-order valence-electron chi connectivity index (χ4n) is 0.625. The zero-order valence-corrected chi connectivity index (χ0v) is 4.68. The number of carbonyl (C=O) groups is 2. The summed E-state index contributed by atoms with van der Waals surface area (Å²) < 4.78 is 0. The summed E-state index contributed by atoms with van der Waals surface area (Å²) in [5.74, 6) is -0.345. The van der Waals surface area contributed by atoms with E-state index in [0.29, 0.717) is 0 Å². The molecule has 0 aliphatic carbocycles. The van der Waals surface area contributed by atoms with E-state index in [1.807, 2.05) is 5.32 Å². The molecule has 3 amide bonds. The molecule has 2 N–H and O–H groups in total. The highest BCUT2D eigenvalue weighted by Gasteiger charge is 2.26. The molecule has 46 valence electrons. The molecule has 1 aliphatic heterocycles. The maximum Gasteiger partial charge on any atom is 0.322 e. The standard InChI is InChI=1S/C4H5BN2O2/c5-1-2-3(8)7-4(9)6-2/h2H,1H2,(H2,6,7,8,9). The summed E-state index contributed by atoms with van der Waals surface area (Å²) >= 11 is 0. The van der Waals surface area contributed by atoms with Crippen LogP contribution >= 0.6 is 0 Å². The molecule has 2 radical (unpaired) electrons. The van der Waals surface area contributed by atoms with Crippen LogP contribution in [0.5, 0.6) is 0 Å². The van der Waals surface area contributed by atoms with E-state index in [1.165, 1.54) is 0 Å². The molecule has 0 aromatic rings. The molecule has 1 unspecified atom stereocenters. The van der Waals surface area contributed by atoms with Gasteiger partial charge in [0.1, 0.15) is 6.04 Å². The van der Waals surface area contributed by atoms with Crippen LogP contribution in [0.25, 0.3) is 0 Å². The average Bonchev–Trinajstić information content (AvgIpc) is 2.10. The Hall–Kier alpha value is -0.995. The van der Waals surface area contributed by atoms with Gasteiger partial charge < -0.3 is 5.32 Å². The molecule has 1 fully saturated rings. The summed E-state index contributed by atoms with van der Waals surface area (Å²) in [5, 5.41) is 4.38. The van der Waals surface area contributed by atoms with E-state index in [1.54, 1.807) is 0 Å². The Labute approximate surface area is 53.4 Å². The van der Waals surface area contributed by atoms with Gasteiger partial charge in [-0.2, -0.15) is 0 Å². The SMILES string of the molecule is [B]CC1NC(=O)NC1=O. The molecule has 0 saturated carbocycles. The van der Waals surface area contributed by atoms with Crippen molar-refractivity contribution in [2.75, 3.05) is 0 Å². The van der Waals surface area contributed by atoms with Crippen molar-refractivity contribution in [3.05, 3.63) is 0 Å². The predicted octanol–water partition coefficient (Wildman–Crippen LogP) is -1.22. The number of hydrogen-bond acceptors (Lipinski definition) is 2. The molecule has 1 saturated heterocycles. The zero-order chi connectivity index (χ0) is 6.85. The molecular formula is C4H5BN2O2. The van der Waals surface area contributed by atoms with Gasteiger partial charge in [-0.1, -0.05) is 6.32 Å². The van der Waals surface area contributed by atoms with E-state index >= 15 is 0 Å². The van der Waals surface area contributed by atoms with E-state index in [2.05, 4.69) is 5.32 Å². The number of hydrogen-bond donors (Lipinski definition) is 2. The molecular weight excluding hydrogens is 119 g/mol. The van der Waals surface area contributed by atoms with Crippen molar-refractivity contribution < 1.29 is 9.59 Å². The first kappa shape index (κ1) is 6.13. The number of rotatable bonds is 1. The zero-order valence-electron chi connectivity index (χ0n) is 4.68. The lowest BCUT2D eigenvalue weighted by molar-refractivity contribution is -0.119. The number of carbonyl (C=O) groups excluding carboxylic acids is 2. The fourth-order valence-corrected chi connectivity index (χ4v) is 0.625. The molecule has 0 bridgehead atoms. The second kappa shape index (κ2) is 2.09. The van der Waals surface area contributed by atoms with E-state index in [9.17, 15) is 9.59 Å². The number of amides is 3. The van der Waals surface area contributed by atoms with Crippen molar-refractivity contribution in [1.82, 2.24) is 10.6 Å². The maximum absolute atomic E-state index is 10.5. The Morgan fingerprint density at radius 2 is 2.22 bits per heavy atom. The van der Waals surface area contributed by atoms with Gasteiger partial charge in [0.2, 0.25) is 5.91 Å². The minimum absolute atomic E-state index is 0.150. The first-order valence-corrected chi connectivity index (χ1v) is 2.55. The summed E-state index contributed by atoms with van der Waals surface area (Å²) in [7, 11) is 5.11. The highest BCUT2D eigenvalue weighted by molar-refractivity contribution is 6.14. The van der Waals surface area contributed by atoms with Gasteiger partial charge in [0.05, 0.1) is 7.85 Å². The Bertz CT molecular complexity index is 159. The summed E-state index contributed by atoms with van der Waals surface area (Å²) in [4.78, 5) is 20.9. The second-order valence-electron chi connectivity index (χ2n) is 1.75. The normalized spacial score (nSPS) is 25.6. The molecule has 1 rings (SSSR count). The Morgan fingerprint density at radius 3 is 2.44 bits per heavy atom. The summed E-state index contributed by atoms with van der Waals surface area (Å²) in [5.41, 5.74) is 0. The van der Waals surface area contributed by atoms with Crippen molar-refractivity contribution >= 4 is 19.8 Å². The van der Waals surface area contributed by atoms with Gasteiger partial charge in [-0.25, -0.2) is 4.79 Å². The van der Waals surface area contributed by atoms with Crippen LogP contribution in [-0.4, -0.2) is 25.8 Å². The first-order valence-electron chi connectivity index (χ1n) is 2.55. The molecule has 1 heterocycles. The predicted molar refractivity (Wildman–Crippen MR) is 31.0 cm³/mol. The van der Waals surface area contributed by atoms with Gasteiger partial charge in [-0.05, 0) is 0 Å². The number of nitrogens with one attached hydrogen (secondary N) is 2. The lowest BCUT2D eigenvalue weighted by Crippen LogP contribution is -2.27. The van der Waals surface area contributed by atoms with E-state index in [-0.39, 0.29) is 12.2 Å². The maximum atomic E-state index is 10.5. The summed E-state index contributed by atoms with van der Waals surface area (Å²) in [6, 6.07) is -0.993. The lowest BCUT2D eigenvalue weighted by atomic mass is 9.98. The minimum atomic E-state index is -0.530. The second-order valence-corrected chi connectivity index (χ2v) is 1.75. The van der Waals surface area contributed by atoms with Crippen LogP contribution in [0.3, 0.4) is 0 Å². The van der Waals surface area contributed by atoms with Crippen LogP contribution in [0.2, 0.25) is 6.32 Å². The van der Waals surface area contributed by atoms with Crippen LogP contribution in [0, 0.1) is 0 Å². The van der Waals surface area contributed by atoms with Crippen molar-refractivity contribution in [2.45, 2.75) is 12.4 Å². The molecule has 1 atom stereocenters. The van der Waals surface area contributed by atoms with E-state index in [0.717, 1.165) is 0 Å². The molecule has 0 aromatic carbocycles. The van der Waals surface area contributed by atoms with Gasteiger partial charge in [-0.15, -0.1) is 0 Å². The summed E-state index contributed by atoms with van der Waals surface area (Å²) in [6.45, 7) is 0. The topological polar surface area (TPSA) is 58.2 Å². The van der Waals surface area contributed by atoms with Gasteiger partial charge in [0, 0.05) is 0 Å². The quantitative estimate of drug-likeness (QED) is 0.340. The van der Waals surface area contributed by atoms with Crippen LogP contribution in [-0.2, 0) is 4.79 Å². The largest absolute Gasteiger partial charge is 0.327 e. The van der Waals surface area contributed by atoms with Crippen LogP contribution < -0.4 is 10.6 Å². The minimum Gasteiger partial charge on any atom is -0.327 e. The number of urea groups is 1. The van der Waals surface area contributed by atoms with Crippen LogP contribution in [0.15, 0.2) is 0 Å². The van der Waals surface area contributed by atoms with Crippen LogP contribution in [0.1, 0.15) is 0 Å². The van der Waals surface area contributed by atoms with Crippen molar-refractivity contribution in [2.24, 2.45) is 0 Å². The van der Waals surface area contributed by atoms with Crippen molar-refractivity contribution in [1.29, 1.82) is 0 Å². The average molecular weight is 124 g/mol. The molecule has 1 aliphatic rings. The van der Waals surface area contributed by atoms with Crippen molar-refractivity contribution in [3.63, 3.8) is 0 Å². The monoisotopic (exact) mass is 124 g/mol. The number of imide groups is 1. The Balaban J connectivity index is 2.58. The van der Waals surface area contributed by atoms with Gasteiger partial charge >= 0.3 is 6.03 Å². The lowest BCUT2D eigenvalue weighted by Gasteiger charge is -1.98.